The highest BCUT2D eigenvalue weighted by Gasteiger charge is 2.06. The SMILES string of the molecule is Cc1cc(NC(=O)NCc2cncn2C)on1. The highest BCUT2D eigenvalue weighted by atomic mass is 16.5. The first-order valence-corrected chi connectivity index (χ1v) is 5.08. The van der Waals surface area contributed by atoms with Crippen molar-refractivity contribution in [1.29, 1.82) is 0 Å². The molecule has 0 aromatic carbocycles. The molecule has 2 N–H and O–H groups in total. The highest BCUT2D eigenvalue weighted by molar-refractivity contribution is 5.87. The van der Waals surface area contributed by atoms with Crippen LogP contribution in [-0.2, 0) is 13.6 Å². The Morgan fingerprint density at radius 2 is 2.41 bits per heavy atom. The molecule has 2 aromatic rings. The lowest BCUT2D eigenvalue weighted by Crippen LogP contribution is -2.28. The molecule has 0 aliphatic carbocycles. The normalized spacial score (nSPS) is 10.2. The number of carbonyl (C=O) groups is 1. The number of urea groups is 1. The number of hydrogen-bond donors (Lipinski definition) is 2. The van der Waals surface area contributed by atoms with Crippen LogP contribution in [0.15, 0.2) is 23.1 Å². The Morgan fingerprint density at radius 1 is 1.59 bits per heavy atom. The van der Waals surface area contributed by atoms with E-state index in [4.69, 9.17) is 4.52 Å². The molecule has 0 bridgehead atoms. The van der Waals surface area contributed by atoms with Crippen molar-refractivity contribution in [3.63, 3.8) is 0 Å². The summed E-state index contributed by atoms with van der Waals surface area (Å²) in [6.45, 7) is 2.18. The van der Waals surface area contributed by atoms with Gasteiger partial charge in [-0.2, -0.15) is 0 Å². The van der Waals surface area contributed by atoms with Gasteiger partial charge in [-0.1, -0.05) is 5.16 Å². The summed E-state index contributed by atoms with van der Waals surface area (Å²) in [5.74, 6) is 0.324. The lowest BCUT2D eigenvalue weighted by Gasteiger charge is -2.05. The standard InChI is InChI=1S/C10H13N5O2/c1-7-3-9(17-14-7)13-10(16)12-5-8-4-11-6-15(8)2/h3-4,6H,5H2,1-2H3,(H2,12,13,16). The van der Waals surface area contributed by atoms with E-state index >= 15 is 0 Å². The molecule has 0 saturated heterocycles. The maximum atomic E-state index is 11.5. The van der Waals surface area contributed by atoms with E-state index in [-0.39, 0.29) is 6.03 Å². The average molecular weight is 235 g/mol. The summed E-state index contributed by atoms with van der Waals surface area (Å²) in [5, 5.41) is 8.88. The Hall–Kier alpha value is -2.31. The van der Waals surface area contributed by atoms with Crippen LogP contribution in [-0.4, -0.2) is 20.7 Å². The number of nitrogens with zero attached hydrogens (tertiary/aromatic N) is 3. The van der Waals surface area contributed by atoms with Crippen LogP contribution in [0, 0.1) is 6.92 Å². The molecule has 2 amide bonds. The predicted octanol–water partition coefficient (Wildman–Crippen LogP) is 1.04. The van der Waals surface area contributed by atoms with Crippen molar-refractivity contribution in [1.82, 2.24) is 20.0 Å². The smallest absolute Gasteiger partial charge is 0.321 e. The first-order valence-electron chi connectivity index (χ1n) is 5.08. The topological polar surface area (TPSA) is 85.0 Å². The minimum Gasteiger partial charge on any atom is -0.338 e. The fourth-order valence-corrected chi connectivity index (χ4v) is 1.30. The number of imidazole rings is 1. The quantitative estimate of drug-likeness (QED) is 0.832. The number of hydrogen-bond acceptors (Lipinski definition) is 4. The Morgan fingerprint density at radius 3 is 3.00 bits per heavy atom. The average Bonchev–Trinajstić information content (AvgIpc) is 2.85. The van der Waals surface area contributed by atoms with Gasteiger partial charge in [0.2, 0.25) is 5.88 Å². The van der Waals surface area contributed by atoms with Crippen LogP contribution in [0.5, 0.6) is 0 Å². The fourth-order valence-electron chi connectivity index (χ4n) is 1.30. The lowest BCUT2D eigenvalue weighted by molar-refractivity contribution is 0.250. The van der Waals surface area contributed by atoms with Gasteiger partial charge in [-0.05, 0) is 6.92 Å². The van der Waals surface area contributed by atoms with Crippen LogP contribution in [0.4, 0.5) is 10.7 Å². The molecule has 2 aromatic heterocycles. The third-order valence-electron chi connectivity index (χ3n) is 2.21. The van der Waals surface area contributed by atoms with E-state index in [2.05, 4.69) is 20.8 Å². The second-order valence-corrected chi connectivity index (χ2v) is 3.64. The molecule has 0 radical (unpaired) electrons. The van der Waals surface area contributed by atoms with Gasteiger partial charge in [-0.3, -0.25) is 5.32 Å². The molecule has 0 spiro atoms. The van der Waals surface area contributed by atoms with Gasteiger partial charge in [0.15, 0.2) is 0 Å². The zero-order valence-corrected chi connectivity index (χ0v) is 9.60. The van der Waals surface area contributed by atoms with Gasteiger partial charge < -0.3 is 14.4 Å². The van der Waals surface area contributed by atoms with E-state index in [9.17, 15) is 4.79 Å². The van der Waals surface area contributed by atoms with Crippen molar-refractivity contribution in [2.45, 2.75) is 13.5 Å². The van der Waals surface area contributed by atoms with Crippen LogP contribution in [0.25, 0.3) is 0 Å². The molecule has 90 valence electrons. The number of aryl methyl sites for hydroxylation is 2. The molecule has 0 atom stereocenters. The van der Waals surface area contributed by atoms with Crippen molar-refractivity contribution in [3.05, 3.63) is 30.0 Å². The van der Waals surface area contributed by atoms with Gasteiger partial charge in [-0.25, -0.2) is 9.78 Å². The van der Waals surface area contributed by atoms with Crippen LogP contribution >= 0.6 is 0 Å². The van der Waals surface area contributed by atoms with Crippen LogP contribution in [0.2, 0.25) is 0 Å². The molecule has 0 aliphatic rings. The number of anilines is 1. The van der Waals surface area contributed by atoms with E-state index in [1.165, 1.54) is 0 Å². The molecule has 0 fully saturated rings. The van der Waals surface area contributed by atoms with Crippen LogP contribution in [0.1, 0.15) is 11.4 Å². The molecular weight excluding hydrogens is 222 g/mol. The van der Waals surface area contributed by atoms with Gasteiger partial charge in [0, 0.05) is 19.3 Å². The van der Waals surface area contributed by atoms with Gasteiger partial charge in [0.05, 0.1) is 24.3 Å². The molecule has 0 aliphatic heterocycles. The number of rotatable bonds is 3. The molecule has 7 heteroatoms. The zero-order valence-electron chi connectivity index (χ0n) is 9.60. The summed E-state index contributed by atoms with van der Waals surface area (Å²) < 4.78 is 6.69. The van der Waals surface area contributed by atoms with Crippen molar-refractivity contribution in [3.8, 4) is 0 Å². The summed E-state index contributed by atoms with van der Waals surface area (Å²) in [6, 6.07) is 1.30. The van der Waals surface area contributed by atoms with E-state index in [0.29, 0.717) is 18.1 Å². The minimum absolute atomic E-state index is 0.324. The molecular formula is C10H13N5O2. The Kier molecular flexibility index (Phi) is 3.08. The van der Waals surface area contributed by atoms with Gasteiger partial charge >= 0.3 is 6.03 Å². The number of nitrogens with one attached hydrogen (secondary N) is 2. The Labute approximate surface area is 97.8 Å². The Balaban J connectivity index is 1.84. The number of carbonyl (C=O) groups excluding carboxylic acids is 1. The number of amides is 2. The minimum atomic E-state index is -0.345. The Bertz CT molecular complexity index is 516. The molecule has 0 unspecified atom stereocenters. The van der Waals surface area contributed by atoms with E-state index in [1.807, 2.05) is 11.6 Å². The highest BCUT2D eigenvalue weighted by Crippen LogP contribution is 2.07. The second kappa shape index (κ2) is 4.69. The maximum absolute atomic E-state index is 11.5. The van der Waals surface area contributed by atoms with Crippen molar-refractivity contribution in [2.75, 3.05) is 5.32 Å². The van der Waals surface area contributed by atoms with E-state index < -0.39 is 0 Å². The summed E-state index contributed by atoms with van der Waals surface area (Å²) in [7, 11) is 1.86. The third-order valence-corrected chi connectivity index (χ3v) is 2.21. The first kappa shape index (κ1) is 11.2. The summed E-state index contributed by atoms with van der Waals surface area (Å²) in [6.07, 6.45) is 3.37. The number of aromatic nitrogens is 3. The molecule has 0 saturated carbocycles. The van der Waals surface area contributed by atoms with Gasteiger partial charge in [-0.15, -0.1) is 0 Å². The summed E-state index contributed by atoms with van der Waals surface area (Å²) in [5.41, 5.74) is 1.63. The van der Waals surface area contributed by atoms with Gasteiger partial charge in [0.1, 0.15) is 0 Å². The summed E-state index contributed by atoms with van der Waals surface area (Å²) >= 11 is 0. The maximum Gasteiger partial charge on any atom is 0.321 e. The first-order chi connectivity index (χ1) is 8.15. The summed E-state index contributed by atoms with van der Waals surface area (Å²) in [4.78, 5) is 15.4. The van der Waals surface area contributed by atoms with Crippen molar-refractivity contribution < 1.29 is 9.32 Å². The molecule has 2 heterocycles. The van der Waals surface area contributed by atoms with Crippen LogP contribution in [0.3, 0.4) is 0 Å². The molecule has 17 heavy (non-hydrogen) atoms. The van der Waals surface area contributed by atoms with E-state index in [0.717, 1.165) is 5.69 Å². The largest absolute Gasteiger partial charge is 0.338 e. The molecule has 2 rings (SSSR count). The van der Waals surface area contributed by atoms with Crippen molar-refractivity contribution in [2.24, 2.45) is 7.05 Å². The van der Waals surface area contributed by atoms with Crippen molar-refractivity contribution >= 4 is 11.9 Å². The monoisotopic (exact) mass is 235 g/mol. The lowest BCUT2D eigenvalue weighted by atomic mass is 10.4. The third kappa shape index (κ3) is 2.83. The fraction of sp³-hybridized carbons (Fsp3) is 0.300. The molecule has 7 nitrogen and oxygen atoms in total. The zero-order chi connectivity index (χ0) is 12.3. The second-order valence-electron chi connectivity index (χ2n) is 3.64. The predicted molar refractivity (Wildman–Crippen MR) is 60.3 cm³/mol. The van der Waals surface area contributed by atoms with Gasteiger partial charge in [0.25, 0.3) is 0 Å². The van der Waals surface area contributed by atoms with Crippen LogP contribution < -0.4 is 10.6 Å². The van der Waals surface area contributed by atoms with E-state index in [1.54, 1.807) is 25.5 Å².